The first kappa shape index (κ1) is 18.9. The Balaban J connectivity index is 1.37. The van der Waals surface area contributed by atoms with Gasteiger partial charge in [0, 0.05) is 13.1 Å². The Morgan fingerprint density at radius 2 is 1.74 bits per heavy atom. The molecule has 2 atom stereocenters. The molecule has 2 aromatic rings. The lowest BCUT2D eigenvalue weighted by Gasteiger charge is -2.07. The Morgan fingerprint density at radius 3 is 2.44 bits per heavy atom. The van der Waals surface area contributed by atoms with Crippen molar-refractivity contribution in [1.29, 1.82) is 0 Å². The third kappa shape index (κ3) is 5.29. The van der Waals surface area contributed by atoms with Crippen molar-refractivity contribution < 1.29 is 18.7 Å². The third-order valence-electron chi connectivity index (χ3n) is 4.69. The van der Waals surface area contributed by atoms with Gasteiger partial charge in [-0.1, -0.05) is 24.3 Å². The van der Waals surface area contributed by atoms with Crippen LogP contribution in [0.3, 0.4) is 0 Å². The van der Waals surface area contributed by atoms with Gasteiger partial charge in [-0.05, 0) is 48.2 Å². The Kier molecular flexibility index (Phi) is 6.06. The van der Waals surface area contributed by atoms with E-state index in [4.69, 9.17) is 4.74 Å². The van der Waals surface area contributed by atoms with Crippen molar-refractivity contribution in [3.63, 3.8) is 0 Å². The van der Waals surface area contributed by atoms with Crippen LogP contribution < -0.4 is 15.4 Å². The summed E-state index contributed by atoms with van der Waals surface area (Å²) in [7, 11) is 1.62. The smallest absolute Gasteiger partial charge is 0.224 e. The van der Waals surface area contributed by atoms with Crippen LogP contribution in [-0.2, 0) is 22.6 Å². The number of carbonyl (C=O) groups is 2. The summed E-state index contributed by atoms with van der Waals surface area (Å²) in [5, 5.41) is 5.70. The fourth-order valence-corrected chi connectivity index (χ4v) is 2.99. The number of ether oxygens (including phenoxy) is 1. The topological polar surface area (TPSA) is 67.4 Å². The maximum atomic E-state index is 12.9. The van der Waals surface area contributed by atoms with Gasteiger partial charge in [0.2, 0.25) is 11.8 Å². The average Bonchev–Trinajstić information content (AvgIpc) is 3.48. The lowest BCUT2D eigenvalue weighted by atomic mass is 10.1. The summed E-state index contributed by atoms with van der Waals surface area (Å²) in [4.78, 5) is 24.3. The molecule has 0 saturated heterocycles. The lowest BCUT2D eigenvalue weighted by molar-refractivity contribution is -0.127. The van der Waals surface area contributed by atoms with E-state index in [2.05, 4.69) is 10.6 Å². The van der Waals surface area contributed by atoms with Gasteiger partial charge in [0.25, 0.3) is 0 Å². The minimum Gasteiger partial charge on any atom is -0.497 e. The minimum atomic E-state index is -0.307. The molecule has 1 aliphatic carbocycles. The molecule has 1 fully saturated rings. The summed E-state index contributed by atoms with van der Waals surface area (Å²) in [6.45, 7) is 0.853. The molecule has 1 aliphatic rings. The molecule has 0 radical (unpaired) electrons. The van der Waals surface area contributed by atoms with Gasteiger partial charge in [-0.25, -0.2) is 4.39 Å². The van der Waals surface area contributed by atoms with Gasteiger partial charge in [0.1, 0.15) is 11.6 Å². The van der Waals surface area contributed by atoms with Crippen LogP contribution in [0.1, 0.15) is 17.5 Å². The molecule has 2 aromatic carbocycles. The Hall–Kier alpha value is -2.89. The lowest BCUT2D eigenvalue weighted by Crippen LogP contribution is -2.31. The number of nitrogens with one attached hydrogen (secondary N) is 2. The number of methoxy groups -OCH3 is 1. The number of hydrogen-bond donors (Lipinski definition) is 2. The van der Waals surface area contributed by atoms with Gasteiger partial charge < -0.3 is 15.4 Å². The number of rotatable bonds is 8. The van der Waals surface area contributed by atoms with Crippen molar-refractivity contribution >= 4 is 11.8 Å². The van der Waals surface area contributed by atoms with Crippen molar-refractivity contribution in [2.24, 2.45) is 11.8 Å². The van der Waals surface area contributed by atoms with Crippen LogP contribution in [-0.4, -0.2) is 25.5 Å². The standard InChI is InChI=1S/C21H23FN2O3/c1-27-17-4-2-3-14(11-17)9-10-23-20(25)18-12-19(18)21(26)24-13-15-5-7-16(22)8-6-15/h2-8,11,18-19H,9-10,12-13H2,1H3,(H,23,25)(H,24,26). The number of halogens is 1. The summed E-state index contributed by atoms with van der Waals surface area (Å²) >= 11 is 0. The highest BCUT2D eigenvalue weighted by Crippen LogP contribution is 2.38. The normalized spacial score (nSPS) is 17.9. The van der Waals surface area contributed by atoms with Gasteiger partial charge >= 0.3 is 0 Å². The van der Waals surface area contributed by atoms with Gasteiger partial charge in [-0.15, -0.1) is 0 Å². The zero-order chi connectivity index (χ0) is 19.2. The summed E-state index contributed by atoms with van der Waals surface area (Å²) < 4.78 is 18.1. The molecular formula is C21H23FN2O3. The fraction of sp³-hybridized carbons (Fsp3) is 0.333. The van der Waals surface area contributed by atoms with E-state index in [0.717, 1.165) is 16.9 Å². The average molecular weight is 370 g/mol. The summed E-state index contributed by atoms with van der Waals surface area (Å²) in [6.07, 6.45) is 1.28. The largest absolute Gasteiger partial charge is 0.497 e. The van der Waals surface area contributed by atoms with Crippen LogP contribution in [0.4, 0.5) is 4.39 Å². The van der Waals surface area contributed by atoms with E-state index in [9.17, 15) is 14.0 Å². The summed E-state index contributed by atoms with van der Waals surface area (Å²) in [5.74, 6) is -0.269. The van der Waals surface area contributed by atoms with E-state index in [1.807, 2.05) is 24.3 Å². The molecule has 27 heavy (non-hydrogen) atoms. The highest BCUT2D eigenvalue weighted by molar-refractivity contribution is 5.92. The molecule has 2 amide bonds. The highest BCUT2D eigenvalue weighted by atomic mass is 19.1. The molecule has 0 bridgehead atoms. The maximum absolute atomic E-state index is 12.9. The predicted molar refractivity (Wildman–Crippen MR) is 99.6 cm³/mol. The first-order chi connectivity index (χ1) is 13.1. The number of carbonyl (C=O) groups excluding carboxylic acids is 2. The SMILES string of the molecule is COc1cccc(CCNC(=O)C2CC2C(=O)NCc2ccc(F)cc2)c1. The first-order valence-electron chi connectivity index (χ1n) is 8.99. The second-order valence-corrected chi connectivity index (χ2v) is 6.69. The van der Waals surface area contributed by atoms with Crippen LogP contribution in [0.25, 0.3) is 0 Å². The minimum absolute atomic E-state index is 0.0835. The van der Waals surface area contributed by atoms with E-state index in [-0.39, 0.29) is 29.5 Å². The van der Waals surface area contributed by atoms with E-state index >= 15 is 0 Å². The molecule has 5 nitrogen and oxygen atoms in total. The summed E-state index contributed by atoms with van der Waals surface area (Å²) in [5.41, 5.74) is 1.91. The molecular weight excluding hydrogens is 347 g/mol. The molecule has 2 N–H and O–H groups in total. The number of amides is 2. The molecule has 6 heteroatoms. The van der Waals surface area contributed by atoms with Gasteiger partial charge in [0.15, 0.2) is 0 Å². The zero-order valence-electron chi connectivity index (χ0n) is 15.2. The van der Waals surface area contributed by atoms with Crippen LogP contribution in [0, 0.1) is 17.7 Å². The molecule has 0 aliphatic heterocycles. The predicted octanol–water partition coefficient (Wildman–Crippen LogP) is 2.45. The van der Waals surface area contributed by atoms with E-state index in [1.54, 1.807) is 19.2 Å². The second kappa shape index (κ2) is 8.66. The van der Waals surface area contributed by atoms with Crippen molar-refractivity contribution in [3.8, 4) is 5.75 Å². The van der Waals surface area contributed by atoms with Crippen molar-refractivity contribution in [3.05, 3.63) is 65.5 Å². The van der Waals surface area contributed by atoms with Gasteiger partial charge in [-0.2, -0.15) is 0 Å². The van der Waals surface area contributed by atoms with Crippen molar-refractivity contribution in [1.82, 2.24) is 10.6 Å². The molecule has 3 rings (SSSR count). The molecule has 142 valence electrons. The van der Waals surface area contributed by atoms with Crippen molar-refractivity contribution in [2.45, 2.75) is 19.4 Å². The molecule has 1 saturated carbocycles. The Morgan fingerprint density at radius 1 is 1.04 bits per heavy atom. The molecule has 0 heterocycles. The van der Waals surface area contributed by atoms with E-state index < -0.39 is 0 Å². The van der Waals surface area contributed by atoms with E-state index in [1.165, 1.54) is 12.1 Å². The first-order valence-corrected chi connectivity index (χ1v) is 8.99. The fourth-order valence-electron chi connectivity index (χ4n) is 2.99. The van der Waals surface area contributed by atoms with Crippen molar-refractivity contribution in [2.75, 3.05) is 13.7 Å². The number of hydrogen-bond acceptors (Lipinski definition) is 3. The van der Waals surface area contributed by atoms with Crippen LogP contribution >= 0.6 is 0 Å². The van der Waals surface area contributed by atoms with Gasteiger partial charge in [0.05, 0.1) is 18.9 Å². The van der Waals surface area contributed by atoms with Crippen LogP contribution in [0.2, 0.25) is 0 Å². The Labute approximate surface area is 157 Å². The van der Waals surface area contributed by atoms with Crippen LogP contribution in [0.15, 0.2) is 48.5 Å². The molecule has 2 unspecified atom stereocenters. The molecule has 0 spiro atoms. The third-order valence-corrected chi connectivity index (χ3v) is 4.69. The monoisotopic (exact) mass is 370 g/mol. The Bertz CT molecular complexity index is 807. The second-order valence-electron chi connectivity index (χ2n) is 6.69. The zero-order valence-corrected chi connectivity index (χ0v) is 15.2. The number of benzene rings is 2. The summed E-state index contributed by atoms with van der Waals surface area (Å²) in [6, 6.07) is 13.7. The highest BCUT2D eigenvalue weighted by Gasteiger charge is 2.47. The van der Waals surface area contributed by atoms with E-state index in [0.29, 0.717) is 25.9 Å². The van der Waals surface area contributed by atoms with Crippen LogP contribution in [0.5, 0.6) is 5.75 Å². The quantitative estimate of drug-likeness (QED) is 0.750. The van der Waals surface area contributed by atoms with Gasteiger partial charge in [-0.3, -0.25) is 9.59 Å². The molecule has 0 aromatic heterocycles. The maximum Gasteiger partial charge on any atom is 0.224 e.